The lowest BCUT2D eigenvalue weighted by molar-refractivity contribution is -0.122. The third-order valence-electron chi connectivity index (χ3n) is 1.39. The van der Waals surface area contributed by atoms with Crippen molar-refractivity contribution in [3.8, 4) is 0 Å². The van der Waals surface area contributed by atoms with E-state index in [1.54, 1.807) is 0 Å². The number of carboxylic acid groups (broad SMARTS) is 1. The lowest BCUT2D eigenvalue weighted by Gasteiger charge is -2.22. The van der Waals surface area contributed by atoms with Crippen molar-refractivity contribution in [1.82, 2.24) is 0 Å². The first-order valence-corrected chi connectivity index (χ1v) is 4.24. The Morgan fingerprint density at radius 1 is 1.67 bits per heavy atom. The summed E-state index contributed by atoms with van der Waals surface area (Å²) in [5, 5.41) is 7.92. The lowest BCUT2D eigenvalue weighted by Crippen LogP contribution is -2.11. The van der Waals surface area contributed by atoms with Gasteiger partial charge in [0.1, 0.15) is 0 Å². The molecule has 0 heterocycles. The zero-order chi connectivity index (χ0) is 7.11. The van der Waals surface area contributed by atoms with Crippen LogP contribution in [0.5, 0.6) is 0 Å². The molecule has 0 radical (unpaired) electrons. The number of rotatable bonds is 1. The van der Waals surface area contributed by atoms with Crippen LogP contribution < -0.4 is 0 Å². The topological polar surface area (TPSA) is 37.3 Å². The fraction of sp³-hybridized carbons (Fsp3) is 0.833. The summed E-state index contributed by atoms with van der Waals surface area (Å²) in [7, 11) is 0. The maximum atomic E-state index is 8.36. The van der Waals surface area contributed by atoms with Crippen molar-refractivity contribution in [2.45, 2.75) is 24.5 Å². The molecule has 1 aliphatic rings. The van der Waals surface area contributed by atoms with E-state index >= 15 is 0 Å². The van der Waals surface area contributed by atoms with Gasteiger partial charge in [-0.3, -0.25) is 4.79 Å². The zero-order valence-corrected chi connectivity index (χ0v) is 6.36. The van der Waals surface area contributed by atoms with Gasteiger partial charge >= 0.3 is 0 Å². The van der Waals surface area contributed by atoms with Crippen LogP contribution in [0.15, 0.2) is 0 Å². The molecule has 1 N–H and O–H groups in total. The standard InChI is InChI=1S/C5H10S.CH2O2/c1-6-5-3-2-4-5;2-1-3/h5H,2-4H2,1H3;1H,(H,2,3). The fourth-order valence-corrected chi connectivity index (χ4v) is 1.41. The summed E-state index contributed by atoms with van der Waals surface area (Å²) in [6.45, 7) is -0.250. The Morgan fingerprint density at radius 3 is 2.11 bits per heavy atom. The molecule has 3 heteroatoms. The molecule has 1 saturated carbocycles. The van der Waals surface area contributed by atoms with Crippen LogP contribution in [0.4, 0.5) is 0 Å². The number of thioether (sulfide) groups is 1. The van der Waals surface area contributed by atoms with Crippen LogP contribution in [0.25, 0.3) is 0 Å². The van der Waals surface area contributed by atoms with E-state index in [-0.39, 0.29) is 6.47 Å². The highest BCUT2D eigenvalue weighted by Crippen LogP contribution is 2.28. The van der Waals surface area contributed by atoms with Gasteiger partial charge in [0.05, 0.1) is 0 Å². The molecule has 0 bridgehead atoms. The summed E-state index contributed by atoms with van der Waals surface area (Å²) in [6, 6.07) is 0. The maximum absolute atomic E-state index is 8.36. The molecular formula is C6H12O2S. The van der Waals surface area contributed by atoms with E-state index in [2.05, 4.69) is 6.26 Å². The minimum absolute atomic E-state index is 0.250. The molecular weight excluding hydrogens is 136 g/mol. The summed E-state index contributed by atoms with van der Waals surface area (Å²) >= 11 is 2.01. The first kappa shape index (κ1) is 8.82. The van der Waals surface area contributed by atoms with Gasteiger partial charge in [-0.15, -0.1) is 0 Å². The highest BCUT2D eigenvalue weighted by atomic mass is 32.2. The van der Waals surface area contributed by atoms with Crippen molar-refractivity contribution < 1.29 is 9.90 Å². The molecule has 0 atom stereocenters. The second-order valence-electron chi connectivity index (χ2n) is 1.89. The van der Waals surface area contributed by atoms with Crippen molar-refractivity contribution in [2.24, 2.45) is 0 Å². The fourth-order valence-electron chi connectivity index (χ4n) is 0.606. The maximum Gasteiger partial charge on any atom is 0.290 e. The minimum atomic E-state index is -0.250. The van der Waals surface area contributed by atoms with Crippen LogP contribution in [0.2, 0.25) is 0 Å². The van der Waals surface area contributed by atoms with Gasteiger partial charge in [-0.25, -0.2) is 0 Å². The molecule has 0 aliphatic heterocycles. The van der Waals surface area contributed by atoms with E-state index < -0.39 is 0 Å². The van der Waals surface area contributed by atoms with Gasteiger partial charge in [0.15, 0.2) is 0 Å². The molecule has 1 rings (SSSR count). The predicted octanol–water partition coefficient (Wildman–Crippen LogP) is 1.60. The van der Waals surface area contributed by atoms with Gasteiger partial charge in [0.2, 0.25) is 0 Å². The third-order valence-corrected chi connectivity index (χ3v) is 2.52. The molecule has 1 aliphatic carbocycles. The second-order valence-corrected chi connectivity index (χ2v) is 3.03. The Bertz CT molecular complexity index is 68.7. The molecule has 0 aromatic heterocycles. The second kappa shape index (κ2) is 5.95. The summed E-state index contributed by atoms with van der Waals surface area (Å²) in [6.07, 6.45) is 6.62. The minimum Gasteiger partial charge on any atom is -0.483 e. The van der Waals surface area contributed by atoms with Crippen LogP contribution in [0.1, 0.15) is 19.3 Å². The van der Waals surface area contributed by atoms with Gasteiger partial charge in [-0.1, -0.05) is 6.42 Å². The molecule has 0 aromatic carbocycles. The molecule has 54 valence electrons. The molecule has 1 fully saturated rings. The Kier molecular flexibility index (Phi) is 5.83. The summed E-state index contributed by atoms with van der Waals surface area (Å²) in [4.78, 5) is 8.36. The number of hydrogen-bond acceptors (Lipinski definition) is 2. The van der Waals surface area contributed by atoms with Crippen molar-refractivity contribution in [3.63, 3.8) is 0 Å². The van der Waals surface area contributed by atoms with Crippen LogP contribution in [-0.2, 0) is 4.79 Å². The number of hydrogen-bond donors (Lipinski definition) is 1. The third kappa shape index (κ3) is 4.33. The van der Waals surface area contributed by atoms with Crippen LogP contribution in [0.3, 0.4) is 0 Å². The van der Waals surface area contributed by atoms with E-state index in [4.69, 9.17) is 9.90 Å². The molecule has 2 nitrogen and oxygen atoms in total. The van der Waals surface area contributed by atoms with E-state index in [1.165, 1.54) is 19.3 Å². The molecule has 0 spiro atoms. The van der Waals surface area contributed by atoms with Crippen molar-refractivity contribution in [1.29, 1.82) is 0 Å². The highest BCUT2D eigenvalue weighted by molar-refractivity contribution is 7.99. The Morgan fingerprint density at radius 2 is 2.11 bits per heavy atom. The van der Waals surface area contributed by atoms with Crippen LogP contribution in [-0.4, -0.2) is 23.1 Å². The van der Waals surface area contributed by atoms with Crippen molar-refractivity contribution in [2.75, 3.05) is 6.26 Å². The van der Waals surface area contributed by atoms with Crippen LogP contribution in [0, 0.1) is 0 Å². The van der Waals surface area contributed by atoms with Gasteiger partial charge in [-0.2, -0.15) is 11.8 Å². The summed E-state index contributed by atoms with van der Waals surface area (Å²) in [5.41, 5.74) is 0. The smallest absolute Gasteiger partial charge is 0.290 e. The van der Waals surface area contributed by atoms with E-state index in [0.717, 1.165) is 5.25 Å². The van der Waals surface area contributed by atoms with Gasteiger partial charge < -0.3 is 5.11 Å². The van der Waals surface area contributed by atoms with E-state index in [1.807, 2.05) is 11.8 Å². The van der Waals surface area contributed by atoms with Gasteiger partial charge in [0.25, 0.3) is 6.47 Å². The van der Waals surface area contributed by atoms with Crippen molar-refractivity contribution in [3.05, 3.63) is 0 Å². The molecule has 0 saturated heterocycles. The van der Waals surface area contributed by atoms with Crippen molar-refractivity contribution >= 4 is 18.2 Å². The van der Waals surface area contributed by atoms with Gasteiger partial charge in [-0.05, 0) is 19.1 Å². The van der Waals surface area contributed by atoms with E-state index in [0.29, 0.717) is 0 Å². The average Bonchev–Trinajstić information content (AvgIpc) is 1.64. The SMILES string of the molecule is CSC1CCC1.O=CO. The number of carbonyl (C=O) groups is 1. The Hall–Kier alpha value is -0.180. The Labute approximate surface area is 59.6 Å². The quantitative estimate of drug-likeness (QED) is 0.574. The van der Waals surface area contributed by atoms with E-state index in [9.17, 15) is 0 Å². The van der Waals surface area contributed by atoms with Gasteiger partial charge in [0, 0.05) is 5.25 Å². The predicted molar refractivity (Wildman–Crippen MR) is 39.8 cm³/mol. The molecule has 9 heavy (non-hydrogen) atoms. The largest absolute Gasteiger partial charge is 0.483 e. The summed E-state index contributed by atoms with van der Waals surface area (Å²) < 4.78 is 0. The zero-order valence-electron chi connectivity index (χ0n) is 5.54. The average molecular weight is 148 g/mol. The monoisotopic (exact) mass is 148 g/mol. The highest BCUT2D eigenvalue weighted by Gasteiger charge is 2.14. The lowest BCUT2D eigenvalue weighted by atomic mass is 10.0. The summed E-state index contributed by atoms with van der Waals surface area (Å²) in [5.74, 6) is 0. The molecule has 0 amide bonds. The first-order valence-electron chi connectivity index (χ1n) is 2.95. The normalized spacial score (nSPS) is 17.0. The molecule has 0 unspecified atom stereocenters. The first-order chi connectivity index (χ1) is 4.35. The molecule has 0 aromatic rings. The van der Waals surface area contributed by atoms with Crippen LogP contribution >= 0.6 is 11.8 Å². The Balaban J connectivity index is 0.000000187.